The third kappa shape index (κ3) is 2.82. The van der Waals surface area contributed by atoms with Crippen molar-refractivity contribution in [2.24, 2.45) is 5.92 Å². The van der Waals surface area contributed by atoms with Crippen LogP contribution in [0.25, 0.3) is 0 Å². The molecule has 0 saturated carbocycles. The van der Waals surface area contributed by atoms with Gasteiger partial charge in [-0.2, -0.15) is 0 Å². The molecule has 0 aromatic rings. The van der Waals surface area contributed by atoms with Crippen LogP contribution in [0.5, 0.6) is 0 Å². The van der Waals surface area contributed by atoms with Crippen LogP contribution in [-0.2, 0) is 9.59 Å². The van der Waals surface area contributed by atoms with Gasteiger partial charge in [0.2, 0.25) is 5.91 Å². The summed E-state index contributed by atoms with van der Waals surface area (Å²) in [6.07, 6.45) is 2.65. The summed E-state index contributed by atoms with van der Waals surface area (Å²) in [5.74, 6) is 0.326. The van der Waals surface area contributed by atoms with Crippen molar-refractivity contribution in [1.82, 2.24) is 10.2 Å². The summed E-state index contributed by atoms with van der Waals surface area (Å²) in [5.41, 5.74) is 0. The minimum absolute atomic E-state index is 0.0754. The van der Waals surface area contributed by atoms with Crippen LogP contribution in [0.2, 0.25) is 0 Å². The van der Waals surface area contributed by atoms with Gasteiger partial charge in [-0.15, -0.1) is 0 Å². The number of carbonyl (C=O) groups is 2. The minimum atomic E-state index is -0.201. The maximum absolute atomic E-state index is 12.3. The van der Waals surface area contributed by atoms with Gasteiger partial charge in [0, 0.05) is 6.54 Å². The number of hydrogen-bond acceptors (Lipinski definition) is 3. The highest BCUT2D eigenvalue weighted by Crippen LogP contribution is 2.18. The van der Waals surface area contributed by atoms with Crippen LogP contribution in [0.4, 0.5) is 0 Å². The Morgan fingerprint density at radius 3 is 2.75 bits per heavy atom. The summed E-state index contributed by atoms with van der Waals surface area (Å²) in [7, 11) is 0. The Hall–Kier alpha value is -0.900. The molecule has 0 aliphatic carbocycles. The van der Waals surface area contributed by atoms with Gasteiger partial charge in [-0.25, -0.2) is 0 Å². The number of amides is 1. The molecule has 1 heterocycles. The molecule has 92 valence electrons. The van der Waals surface area contributed by atoms with Crippen molar-refractivity contribution in [2.75, 3.05) is 13.1 Å². The van der Waals surface area contributed by atoms with Crippen LogP contribution in [0.3, 0.4) is 0 Å². The van der Waals surface area contributed by atoms with Crippen molar-refractivity contribution in [3.63, 3.8) is 0 Å². The molecule has 0 aromatic heterocycles. The van der Waals surface area contributed by atoms with E-state index in [2.05, 4.69) is 5.32 Å². The van der Waals surface area contributed by atoms with Crippen molar-refractivity contribution >= 4 is 12.2 Å². The Labute approximate surface area is 97.4 Å². The number of hydrogen-bond donors (Lipinski definition) is 1. The Kier molecular flexibility index (Phi) is 4.93. The zero-order chi connectivity index (χ0) is 12.1. The predicted molar refractivity (Wildman–Crippen MR) is 63.1 cm³/mol. The summed E-state index contributed by atoms with van der Waals surface area (Å²) >= 11 is 0. The average molecular weight is 226 g/mol. The van der Waals surface area contributed by atoms with Crippen molar-refractivity contribution in [3.8, 4) is 0 Å². The summed E-state index contributed by atoms with van der Waals surface area (Å²) in [6, 6.07) is -0.363. The second-order valence-corrected chi connectivity index (χ2v) is 4.66. The molecule has 16 heavy (non-hydrogen) atoms. The van der Waals surface area contributed by atoms with Gasteiger partial charge in [0.15, 0.2) is 0 Å². The van der Waals surface area contributed by atoms with Gasteiger partial charge in [-0.3, -0.25) is 4.79 Å². The summed E-state index contributed by atoms with van der Waals surface area (Å²) in [5, 5.41) is 3.20. The maximum Gasteiger partial charge on any atom is 0.240 e. The van der Waals surface area contributed by atoms with Gasteiger partial charge in [0.05, 0.1) is 12.1 Å². The molecule has 0 spiro atoms. The first kappa shape index (κ1) is 13.2. The lowest BCUT2D eigenvalue weighted by atomic mass is 10.0. The second-order valence-electron chi connectivity index (χ2n) is 4.66. The van der Waals surface area contributed by atoms with Crippen LogP contribution < -0.4 is 5.32 Å². The first-order valence-electron chi connectivity index (χ1n) is 6.11. The zero-order valence-corrected chi connectivity index (χ0v) is 10.4. The van der Waals surface area contributed by atoms with Crippen molar-refractivity contribution in [1.29, 1.82) is 0 Å². The number of nitrogens with one attached hydrogen (secondary N) is 1. The molecule has 0 radical (unpaired) electrons. The van der Waals surface area contributed by atoms with Gasteiger partial charge in [0.25, 0.3) is 0 Å². The monoisotopic (exact) mass is 226 g/mol. The standard InChI is InChI=1S/C12H22N2O2/c1-4-13-11(9(2)3)12(16)14-7-5-6-10(14)8-15/h8-11,13H,4-7H2,1-3H3. The molecule has 0 aromatic carbocycles. The Morgan fingerprint density at radius 2 is 2.25 bits per heavy atom. The smallest absolute Gasteiger partial charge is 0.240 e. The molecular weight excluding hydrogens is 204 g/mol. The van der Waals surface area contributed by atoms with E-state index >= 15 is 0 Å². The lowest BCUT2D eigenvalue weighted by Crippen LogP contribution is -2.51. The number of likely N-dealkylation sites (tertiary alicyclic amines) is 1. The molecule has 0 bridgehead atoms. The number of likely N-dealkylation sites (N-methyl/N-ethyl adjacent to an activating group) is 1. The van der Waals surface area contributed by atoms with E-state index in [-0.39, 0.29) is 23.9 Å². The summed E-state index contributed by atoms with van der Waals surface area (Å²) < 4.78 is 0. The molecule has 1 aliphatic rings. The van der Waals surface area contributed by atoms with Crippen LogP contribution in [0.1, 0.15) is 33.6 Å². The van der Waals surface area contributed by atoms with Crippen LogP contribution >= 0.6 is 0 Å². The van der Waals surface area contributed by atoms with Gasteiger partial charge in [0.1, 0.15) is 6.29 Å². The highest BCUT2D eigenvalue weighted by atomic mass is 16.2. The van der Waals surface area contributed by atoms with E-state index in [9.17, 15) is 9.59 Å². The van der Waals surface area contributed by atoms with E-state index in [1.807, 2.05) is 20.8 Å². The van der Waals surface area contributed by atoms with E-state index < -0.39 is 0 Å². The third-order valence-electron chi connectivity index (χ3n) is 3.10. The quantitative estimate of drug-likeness (QED) is 0.706. The molecule has 1 rings (SSSR count). The second kappa shape index (κ2) is 5.99. The zero-order valence-electron chi connectivity index (χ0n) is 10.4. The SMILES string of the molecule is CCNC(C(=O)N1CCCC1C=O)C(C)C. The van der Waals surface area contributed by atoms with Gasteiger partial charge < -0.3 is 15.0 Å². The molecule has 2 unspecified atom stereocenters. The van der Waals surface area contributed by atoms with Gasteiger partial charge >= 0.3 is 0 Å². The minimum Gasteiger partial charge on any atom is -0.332 e. The van der Waals surface area contributed by atoms with Crippen molar-refractivity contribution in [3.05, 3.63) is 0 Å². The molecular formula is C12H22N2O2. The van der Waals surface area contributed by atoms with Crippen LogP contribution in [-0.4, -0.2) is 42.3 Å². The fourth-order valence-corrected chi connectivity index (χ4v) is 2.21. The third-order valence-corrected chi connectivity index (χ3v) is 3.10. The number of rotatable bonds is 5. The van der Waals surface area contributed by atoms with Gasteiger partial charge in [-0.05, 0) is 25.3 Å². The number of carbonyl (C=O) groups excluding carboxylic acids is 2. The Morgan fingerprint density at radius 1 is 1.56 bits per heavy atom. The number of nitrogens with zero attached hydrogens (tertiary/aromatic N) is 1. The number of aldehydes is 1. The maximum atomic E-state index is 12.3. The molecule has 1 N–H and O–H groups in total. The molecule has 4 nitrogen and oxygen atoms in total. The van der Waals surface area contributed by atoms with Gasteiger partial charge in [-0.1, -0.05) is 20.8 Å². The average Bonchev–Trinajstić information content (AvgIpc) is 2.72. The molecule has 1 aliphatic heterocycles. The van der Waals surface area contributed by atoms with E-state index in [0.29, 0.717) is 0 Å². The van der Waals surface area contributed by atoms with Crippen LogP contribution in [0, 0.1) is 5.92 Å². The Balaban J connectivity index is 2.69. The van der Waals surface area contributed by atoms with E-state index in [1.54, 1.807) is 4.90 Å². The predicted octanol–water partition coefficient (Wildman–Crippen LogP) is 0.810. The topological polar surface area (TPSA) is 49.4 Å². The molecule has 1 fully saturated rings. The highest BCUT2D eigenvalue weighted by molar-refractivity contribution is 5.85. The van der Waals surface area contributed by atoms with E-state index in [1.165, 1.54) is 0 Å². The first-order valence-corrected chi connectivity index (χ1v) is 6.11. The Bertz CT molecular complexity index is 253. The highest BCUT2D eigenvalue weighted by Gasteiger charge is 2.33. The lowest BCUT2D eigenvalue weighted by molar-refractivity contribution is -0.137. The normalized spacial score (nSPS) is 22.5. The largest absolute Gasteiger partial charge is 0.332 e. The van der Waals surface area contributed by atoms with E-state index in [4.69, 9.17) is 0 Å². The summed E-state index contributed by atoms with van der Waals surface area (Å²) in [4.78, 5) is 24.8. The summed E-state index contributed by atoms with van der Waals surface area (Å²) in [6.45, 7) is 7.53. The molecule has 1 amide bonds. The van der Waals surface area contributed by atoms with E-state index in [0.717, 1.165) is 32.2 Å². The fourth-order valence-electron chi connectivity index (χ4n) is 2.21. The van der Waals surface area contributed by atoms with Crippen LogP contribution in [0.15, 0.2) is 0 Å². The van der Waals surface area contributed by atoms with Crippen molar-refractivity contribution in [2.45, 2.75) is 45.7 Å². The first-order chi connectivity index (χ1) is 7.61. The molecule has 4 heteroatoms. The molecule has 1 saturated heterocycles. The fraction of sp³-hybridized carbons (Fsp3) is 0.833. The molecule has 2 atom stereocenters. The van der Waals surface area contributed by atoms with Crippen molar-refractivity contribution < 1.29 is 9.59 Å². The lowest BCUT2D eigenvalue weighted by Gasteiger charge is -2.28.